The molecule has 0 aromatic heterocycles. The van der Waals surface area contributed by atoms with E-state index < -0.39 is 27.6 Å². The van der Waals surface area contributed by atoms with E-state index in [0.717, 1.165) is 0 Å². The molecule has 29 heavy (non-hydrogen) atoms. The Balaban J connectivity index is 2.28. The number of hydrogen-bond acceptors (Lipinski definition) is 7. The highest BCUT2D eigenvalue weighted by molar-refractivity contribution is 7.90. The van der Waals surface area contributed by atoms with Gasteiger partial charge in [0.1, 0.15) is 5.75 Å². The number of esters is 1. The summed E-state index contributed by atoms with van der Waals surface area (Å²) in [6, 6.07) is 14.3. The third-order valence-electron chi connectivity index (χ3n) is 4.40. The highest BCUT2D eigenvalue weighted by Crippen LogP contribution is 2.22. The smallest absolute Gasteiger partial charge is 0.336 e. The zero-order chi connectivity index (χ0) is 21.4. The molecule has 0 spiro atoms. The average Bonchev–Trinajstić information content (AvgIpc) is 2.70. The standard InChI is InChI=1S/C21H25NO6S/c1-16(23)20(21(24)28-3)22(18-9-11-19(27-2)12-10-18)13-14-29(25,26)15-17-7-5-4-6-8-17/h4-12,20H,13-15H2,1-3H3. The normalized spacial score (nSPS) is 12.1. The van der Waals surface area contributed by atoms with Crippen molar-refractivity contribution < 1.29 is 27.5 Å². The minimum Gasteiger partial charge on any atom is -0.497 e. The largest absolute Gasteiger partial charge is 0.497 e. The van der Waals surface area contributed by atoms with Gasteiger partial charge in [-0.2, -0.15) is 0 Å². The van der Waals surface area contributed by atoms with Gasteiger partial charge in [-0.25, -0.2) is 13.2 Å². The van der Waals surface area contributed by atoms with Crippen LogP contribution in [0.2, 0.25) is 0 Å². The van der Waals surface area contributed by atoms with Crippen molar-refractivity contribution in [3.63, 3.8) is 0 Å². The minimum atomic E-state index is -3.47. The highest BCUT2D eigenvalue weighted by Gasteiger charge is 2.32. The zero-order valence-corrected chi connectivity index (χ0v) is 17.5. The summed E-state index contributed by atoms with van der Waals surface area (Å²) in [6.45, 7) is 1.23. The molecule has 1 atom stereocenters. The van der Waals surface area contributed by atoms with Crippen molar-refractivity contribution in [2.24, 2.45) is 0 Å². The molecule has 0 fully saturated rings. The predicted octanol–water partition coefficient (Wildman–Crippen LogP) is 2.25. The number of anilines is 1. The Hall–Kier alpha value is -2.87. The lowest BCUT2D eigenvalue weighted by molar-refractivity contribution is -0.145. The minimum absolute atomic E-state index is 0.0408. The van der Waals surface area contributed by atoms with E-state index in [1.807, 2.05) is 6.07 Å². The van der Waals surface area contributed by atoms with Gasteiger partial charge in [-0.05, 0) is 36.8 Å². The van der Waals surface area contributed by atoms with Crippen molar-refractivity contribution in [3.8, 4) is 5.75 Å². The fraction of sp³-hybridized carbons (Fsp3) is 0.333. The molecule has 2 aromatic rings. The number of ketones is 1. The van der Waals surface area contributed by atoms with Gasteiger partial charge in [0.2, 0.25) is 0 Å². The number of nitrogens with zero attached hydrogens (tertiary/aromatic N) is 1. The van der Waals surface area contributed by atoms with Gasteiger partial charge in [-0.15, -0.1) is 0 Å². The van der Waals surface area contributed by atoms with E-state index >= 15 is 0 Å². The Morgan fingerprint density at radius 1 is 1.00 bits per heavy atom. The molecular weight excluding hydrogens is 394 g/mol. The number of carbonyl (C=O) groups is 2. The topological polar surface area (TPSA) is 90.0 Å². The second-order valence-electron chi connectivity index (χ2n) is 6.51. The fourth-order valence-electron chi connectivity index (χ4n) is 2.94. The van der Waals surface area contributed by atoms with E-state index in [1.54, 1.807) is 48.5 Å². The fourth-order valence-corrected chi connectivity index (χ4v) is 4.26. The molecule has 0 aliphatic carbocycles. The summed E-state index contributed by atoms with van der Waals surface area (Å²) in [5.74, 6) is -0.924. The molecule has 0 saturated carbocycles. The summed E-state index contributed by atoms with van der Waals surface area (Å²) in [4.78, 5) is 25.9. The van der Waals surface area contributed by atoms with Gasteiger partial charge in [0.15, 0.2) is 21.7 Å². The van der Waals surface area contributed by atoms with Crippen molar-refractivity contribution in [1.29, 1.82) is 0 Å². The van der Waals surface area contributed by atoms with Crippen molar-refractivity contribution in [1.82, 2.24) is 0 Å². The van der Waals surface area contributed by atoms with E-state index in [2.05, 4.69) is 0 Å². The molecule has 0 aliphatic heterocycles. The highest BCUT2D eigenvalue weighted by atomic mass is 32.2. The average molecular weight is 419 g/mol. The molecule has 8 heteroatoms. The van der Waals surface area contributed by atoms with E-state index in [0.29, 0.717) is 17.0 Å². The van der Waals surface area contributed by atoms with Gasteiger partial charge in [0, 0.05) is 12.2 Å². The first-order chi connectivity index (χ1) is 13.8. The number of rotatable bonds is 10. The lowest BCUT2D eigenvalue weighted by Gasteiger charge is -2.30. The van der Waals surface area contributed by atoms with E-state index in [1.165, 1.54) is 26.0 Å². The Bertz CT molecular complexity index is 925. The van der Waals surface area contributed by atoms with E-state index in [-0.39, 0.29) is 18.1 Å². The molecule has 0 bridgehead atoms. The SMILES string of the molecule is COC(=O)C(C(C)=O)N(CCS(=O)(=O)Cc1ccccc1)c1ccc(OC)cc1. The van der Waals surface area contributed by atoms with Crippen molar-refractivity contribution in [2.75, 3.05) is 31.4 Å². The number of sulfone groups is 1. The van der Waals surface area contributed by atoms with Crippen LogP contribution in [0.4, 0.5) is 5.69 Å². The van der Waals surface area contributed by atoms with Gasteiger partial charge in [0.05, 0.1) is 25.7 Å². The first-order valence-electron chi connectivity index (χ1n) is 9.00. The summed E-state index contributed by atoms with van der Waals surface area (Å²) in [5.41, 5.74) is 1.20. The maximum atomic E-state index is 12.6. The van der Waals surface area contributed by atoms with Gasteiger partial charge in [-0.3, -0.25) is 4.79 Å². The third kappa shape index (κ3) is 6.32. The maximum Gasteiger partial charge on any atom is 0.336 e. The molecule has 2 rings (SSSR count). The Labute approximate surface area is 171 Å². The number of carbonyl (C=O) groups excluding carboxylic acids is 2. The molecule has 0 amide bonds. The van der Waals surface area contributed by atoms with Crippen LogP contribution in [0.5, 0.6) is 5.75 Å². The van der Waals surface area contributed by atoms with Crippen LogP contribution in [0.15, 0.2) is 54.6 Å². The number of methoxy groups -OCH3 is 2. The van der Waals surface area contributed by atoms with Crippen LogP contribution in [0, 0.1) is 0 Å². The molecular formula is C21H25NO6S. The van der Waals surface area contributed by atoms with Crippen molar-refractivity contribution >= 4 is 27.3 Å². The van der Waals surface area contributed by atoms with Crippen LogP contribution >= 0.6 is 0 Å². The molecule has 0 radical (unpaired) electrons. The lowest BCUT2D eigenvalue weighted by Crippen LogP contribution is -2.48. The van der Waals surface area contributed by atoms with Crippen LogP contribution in [-0.2, 0) is 29.9 Å². The zero-order valence-electron chi connectivity index (χ0n) is 16.7. The van der Waals surface area contributed by atoms with Crippen molar-refractivity contribution in [2.45, 2.75) is 18.7 Å². The molecule has 0 heterocycles. The van der Waals surface area contributed by atoms with Gasteiger partial charge in [-0.1, -0.05) is 30.3 Å². The number of hydrogen-bond donors (Lipinski definition) is 0. The van der Waals surface area contributed by atoms with Crippen molar-refractivity contribution in [3.05, 3.63) is 60.2 Å². The number of ether oxygens (including phenoxy) is 2. The number of Topliss-reactive ketones (excluding diaryl/α,β-unsaturated/α-hetero) is 1. The third-order valence-corrected chi connectivity index (χ3v) is 5.98. The summed E-state index contributed by atoms with van der Waals surface area (Å²) < 4.78 is 35.1. The molecule has 2 aromatic carbocycles. The van der Waals surface area contributed by atoms with Gasteiger partial charge < -0.3 is 14.4 Å². The van der Waals surface area contributed by atoms with Crippen LogP contribution in [0.25, 0.3) is 0 Å². The van der Waals surface area contributed by atoms with E-state index in [9.17, 15) is 18.0 Å². The Morgan fingerprint density at radius 2 is 1.62 bits per heavy atom. The molecule has 1 unspecified atom stereocenters. The van der Waals surface area contributed by atoms with Gasteiger partial charge >= 0.3 is 5.97 Å². The van der Waals surface area contributed by atoms with Gasteiger partial charge in [0.25, 0.3) is 0 Å². The molecule has 7 nitrogen and oxygen atoms in total. The van der Waals surface area contributed by atoms with Crippen LogP contribution in [0.1, 0.15) is 12.5 Å². The van der Waals surface area contributed by atoms with E-state index in [4.69, 9.17) is 9.47 Å². The quantitative estimate of drug-likeness (QED) is 0.431. The summed E-state index contributed by atoms with van der Waals surface area (Å²) in [6.07, 6.45) is 0. The molecule has 0 N–H and O–H groups in total. The summed E-state index contributed by atoms with van der Waals surface area (Å²) >= 11 is 0. The second kappa shape index (κ2) is 10.1. The summed E-state index contributed by atoms with van der Waals surface area (Å²) in [5, 5.41) is 0. The predicted molar refractivity (Wildman–Crippen MR) is 111 cm³/mol. The molecule has 0 aliphatic rings. The van der Waals surface area contributed by atoms with Crippen LogP contribution < -0.4 is 9.64 Å². The van der Waals surface area contributed by atoms with Crippen LogP contribution in [-0.4, -0.2) is 52.7 Å². The first kappa shape index (κ1) is 22.4. The first-order valence-corrected chi connectivity index (χ1v) is 10.8. The molecule has 0 saturated heterocycles. The van der Waals surface area contributed by atoms with Crippen LogP contribution in [0.3, 0.4) is 0 Å². The molecule has 156 valence electrons. The Morgan fingerprint density at radius 3 is 2.14 bits per heavy atom. The second-order valence-corrected chi connectivity index (χ2v) is 8.69. The Kier molecular flexibility index (Phi) is 7.78. The monoisotopic (exact) mass is 419 g/mol. The maximum absolute atomic E-state index is 12.6. The lowest BCUT2D eigenvalue weighted by atomic mass is 10.1. The number of benzene rings is 2. The summed E-state index contributed by atoms with van der Waals surface area (Å²) in [7, 11) is -0.757.